The Labute approximate surface area is 61.3 Å². The first-order valence-corrected chi connectivity index (χ1v) is 3.53. The number of rotatable bonds is 3. The lowest BCUT2D eigenvalue weighted by Crippen LogP contribution is -2.46. The molecule has 3 nitrogen and oxygen atoms in total. The lowest BCUT2D eigenvalue weighted by atomic mass is 9.87. The van der Waals surface area contributed by atoms with Crippen molar-refractivity contribution in [2.24, 2.45) is 5.92 Å². The van der Waals surface area contributed by atoms with Gasteiger partial charge in [0, 0.05) is 0 Å². The summed E-state index contributed by atoms with van der Waals surface area (Å²) in [6, 6.07) is 0. The molecule has 0 heterocycles. The molecule has 62 valence electrons. The standard InChI is InChI=1S/C7H16O3/c1-4-7(10,5(2)3)6(8)9/h5-6,8-10H,4H2,1-3H3. The van der Waals surface area contributed by atoms with Gasteiger partial charge in [-0.3, -0.25) is 0 Å². The average Bonchev–Trinajstić information content (AvgIpc) is 1.85. The summed E-state index contributed by atoms with van der Waals surface area (Å²) in [7, 11) is 0. The van der Waals surface area contributed by atoms with Crippen LogP contribution in [0.3, 0.4) is 0 Å². The van der Waals surface area contributed by atoms with Gasteiger partial charge in [0.25, 0.3) is 0 Å². The molecule has 1 atom stereocenters. The van der Waals surface area contributed by atoms with Crippen LogP contribution in [0, 0.1) is 5.92 Å². The van der Waals surface area contributed by atoms with E-state index in [0.717, 1.165) is 0 Å². The van der Waals surface area contributed by atoms with E-state index in [4.69, 9.17) is 10.2 Å². The van der Waals surface area contributed by atoms with Crippen molar-refractivity contribution in [3.8, 4) is 0 Å². The SMILES string of the molecule is CCC(O)(C(C)C)C(O)O. The highest BCUT2D eigenvalue weighted by Crippen LogP contribution is 2.23. The zero-order valence-corrected chi connectivity index (χ0v) is 6.70. The van der Waals surface area contributed by atoms with Gasteiger partial charge in [-0.1, -0.05) is 20.8 Å². The Hall–Kier alpha value is -0.120. The Morgan fingerprint density at radius 1 is 1.30 bits per heavy atom. The molecule has 0 saturated heterocycles. The predicted octanol–water partition coefficient (Wildman–Crippen LogP) is 0.0942. The molecule has 0 spiro atoms. The highest BCUT2D eigenvalue weighted by Gasteiger charge is 2.35. The summed E-state index contributed by atoms with van der Waals surface area (Å²) in [4.78, 5) is 0. The van der Waals surface area contributed by atoms with Gasteiger partial charge < -0.3 is 15.3 Å². The first-order valence-electron chi connectivity index (χ1n) is 3.53. The summed E-state index contributed by atoms with van der Waals surface area (Å²) in [5, 5.41) is 27.0. The Morgan fingerprint density at radius 3 is 1.70 bits per heavy atom. The molecule has 0 aliphatic carbocycles. The van der Waals surface area contributed by atoms with Gasteiger partial charge in [0.15, 0.2) is 6.29 Å². The van der Waals surface area contributed by atoms with Crippen LogP contribution in [-0.4, -0.2) is 27.2 Å². The van der Waals surface area contributed by atoms with Gasteiger partial charge in [-0.15, -0.1) is 0 Å². The first-order chi connectivity index (χ1) is 4.45. The third-order valence-electron chi connectivity index (χ3n) is 2.01. The summed E-state index contributed by atoms with van der Waals surface area (Å²) in [5.41, 5.74) is -1.35. The summed E-state index contributed by atoms with van der Waals surface area (Å²) in [6.07, 6.45) is -1.29. The zero-order valence-electron chi connectivity index (χ0n) is 6.70. The Balaban J connectivity index is 4.23. The second-order valence-corrected chi connectivity index (χ2v) is 2.87. The molecule has 0 aromatic rings. The van der Waals surface area contributed by atoms with E-state index in [0.29, 0.717) is 6.42 Å². The van der Waals surface area contributed by atoms with Crippen molar-refractivity contribution in [1.29, 1.82) is 0 Å². The molecule has 10 heavy (non-hydrogen) atoms. The van der Waals surface area contributed by atoms with Crippen molar-refractivity contribution < 1.29 is 15.3 Å². The van der Waals surface area contributed by atoms with Gasteiger partial charge in [0.05, 0.1) is 0 Å². The van der Waals surface area contributed by atoms with E-state index < -0.39 is 11.9 Å². The zero-order chi connectivity index (χ0) is 8.36. The highest BCUT2D eigenvalue weighted by atomic mass is 16.5. The van der Waals surface area contributed by atoms with E-state index in [2.05, 4.69) is 0 Å². The Bertz CT molecular complexity index is 91.0. The van der Waals surface area contributed by atoms with Crippen molar-refractivity contribution >= 4 is 0 Å². The summed E-state index contributed by atoms with van der Waals surface area (Å²) in [5.74, 6) is -0.141. The van der Waals surface area contributed by atoms with Crippen molar-refractivity contribution in [3.05, 3.63) is 0 Å². The van der Waals surface area contributed by atoms with E-state index in [1.807, 2.05) is 0 Å². The maximum absolute atomic E-state index is 9.47. The lowest BCUT2D eigenvalue weighted by molar-refractivity contribution is -0.204. The molecule has 3 heteroatoms. The van der Waals surface area contributed by atoms with E-state index in [1.165, 1.54) is 0 Å². The lowest BCUT2D eigenvalue weighted by Gasteiger charge is -2.32. The van der Waals surface area contributed by atoms with Crippen LogP contribution in [-0.2, 0) is 0 Å². The van der Waals surface area contributed by atoms with Crippen LogP contribution >= 0.6 is 0 Å². The van der Waals surface area contributed by atoms with Crippen LogP contribution in [0.25, 0.3) is 0 Å². The molecule has 0 radical (unpaired) electrons. The third kappa shape index (κ3) is 1.68. The fourth-order valence-corrected chi connectivity index (χ4v) is 0.889. The molecule has 1 unspecified atom stereocenters. The number of aliphatic hydroxyl groups excluding tert-OH is 1. The quantitative estimate of drug-likeness (QED) is 0.497. The van der Waals surface area contributed by atoms with Crippen LogP contribution in [0.15, 0.2) is 0 Å². The van der Waals surface area contributed by atoms with Gasteiger partial charge in [0.2, 0.25) is 0 Å². The van der Waals surface area contributed by atoms with Gasteiger partial charge >= 0.3 is 0 Å². The topological polar surface area (TPSA) is 60.7 Å². The van der Waals surface area contributed by atoms with Crippen molar-refractivity contribution in [2.75, 3.05) is 0 Å². The Morgan fingerprint density at radius 2 is 1.70 bits per heavy atom. The molecule has 0 bridgehead atoms. The monoisotopic (exact) mass is 148 g/mol. The van der Waals surface area contributed by atoms with Crippen molar-refractivity contribution in [1.82, 2.24) is 0 Å². The molecule has 0 aliphatic rings. The smallest absolute Gasteiger partial charge is 0.181 e. The van der Waals surface area contributed by atoms with Gasteiger partial charge in [-0.2, -0.15) is 0 Å². The molecular weight excluding hydrogens is 132 g/mol. The van der Waals surface area contributed by atoms with Crippen LogP contribution in [0.4, 0.5) is 0 Å². The minimum Gasteiger partial charge on any atom is -0.384 e. The second-order valence-electron chi connectivity index (χ2n) is 2.87. The van der Waals surface area contributed by atoms with E-state index in [1.54, 1.807) is 20.8 Å². The summed E-state index contributed by atoms with van der Waals surface area (Å²) < 4.78 is 0. The predicted molar refractivity (Wildman–Crippen MR) is 38.3 cm³/mol. The van der Waals surface area contributed by atoms with Crippen molar-refractivity contribution in [3.63, 3.8) is 0 Å². The minimum absolute atomic E-state index is 0.141. The maximum Gasteiger partial charge on any atom is 0.181 e. The highest BCUT2D eigenvalue weighted by molar-refractivity contribution is 4.81. The van der Waals surface area contributed by atoms with Gasteiger partial charge in [-0.25, -0.2) is 0 Å². The van der Waals surface area contributed by atoms with Crippen LogP contribution in [0.5, 0.6) is 0 Å². The van der Waals surface area contributed by atoms with Crippen LogP contribution in [0.2, 0.25) is 0 Å². The number of aliphatic hydroxyl groups is 3. The first kappa shape index (κ1) is 9.88. The van der Waals surface area contributed by atoms with E-state index >= 15 is 0 Å². The van der Waals surface area contributed by atoms with Gasteiger partial charge in [-0.05, 0) is 12.3 Å². The fourth-order valence-electron chi connectivity index (χ4n) is 0.889. The third-order valence-corrected chi connectivity index (χ3v) is 2.01. The average molecular weight is 148 g/mol. The molecule has 3 N–H and O–H groups in total. The minimum atomic E-state index is -1.64. The van der Waals surface area contributed by atoms with Crippen LogP contribution in [0.1, 0.15) is 27.2 Å². The van der Waals surface area contributed by atoms with E-state index in [9.17, 15) is 5.11 Å². The summed E-state index contributed by atoms with van der Waals surface area (Å²) in [6.45, 7) is 5.23. The van der Waals surface area contributed by atoms with E-state index in [-0.39, 0.29) is 5.92 Å². The number of hydrogen-bond acceptors (Lipinski definition) is 3. The largest absolute Gasteiger partial charge is 0.384 e. The molecular formula is C7H16O3. The van der Waals surface area contributed by atoms with Gasteiger partial charge in [0.1, 0.15) is 5.60 Å². The second kappa shape index (κ2) is 3.32. The molecule has 0 rings (SSSR count). The number of hydrogen-bond donors (Lipinski definition) is 3. The van der Waals surface area contributed by atoms with Crippen LogP contribution < -0.4 is 0 Å². The van der Waals surface area contributed by atoms with Crippen molar-refractivity contribution in [2.45, 2.75) is 39.1 Å². The molecule has 0 aromatic carbocycles. The Kier molecular flexibility index (Phi) is 3.28. The molecule has 0 aromatic heterocycles. The fraction of sp³-hybridized carbons (Fsp3) is 1.00. The summed E-state index contributed by atoms with van der Waals surface area (Å²) >= 11 is 0. The molecule has 0 fully saturated rings. The maximum atomic E-state index is 9.47. The molecule has 0 saturated carbocycles. The molecule has 0 amide bonds. The normalized spacial score (nSPS) is 18.0. The molecule has 0 aliphatic heterocycles.